The van der Waals surface area contributed by atoms with Crippen LogP contribution in [0.3, 0.4) is 0 Å². The van der Waals surface area contributed by atoms with Gasteiger partial charge >= 0.3 is 0 Å². The molecule has 0 spiro atoms. The van der Waals surface area contributed by atoms with Gasteiger partial charge in [0, 0.05) is 31.8 Å². The van der Waals surface area contributed by atoms with Crippen molar-refractivity contribution in [3.63, 3.8) is 0 Å². The van der Waals surface area contributed by atoms with Crippen molar-refractivity contribution in [1.29, 1.82) is 0 Å². The lowest BCUT2D eigenvalue weighted by atomic mass is 10.1. The van der Waals surface area contributed by atoms with Crippen LogP contribution in [0.2, 0.25) is 0 Å². The number of rotatable bonds is 6. The first-order chi connectivity index (χ1) is 11.5. The molecule has 0 fully saturated rings. The second-order valence-electron chi connectivity index (χ2n) is 5.37. The van der Waals surface area contributed by atoms with Crippen LogP contribution in [0.15, 0.2) is 35.3 Å². The number of nitrogens with one attached hydrogen (secondary N) is 3. The minimum absolute atomic E-state index is 0.0502. The van der Waals surface area contributed by atoms with Crippen molar-refractivity contribution in [2.24, 2.45) is 0 Å². The molecule has 2 aromatic rings. The van der Waals surface area contributed by atoms with E-state index in [4.69, 9.17) is 0 Å². The fraction of sp³-hybridized carbons (Fsp3) is 0.294. The van der Waals surface area contributed by atoms with E-state index in [-0.39, 0.29) is 11.5 Å². The highest BCUT2D eigenvalue weighted by Crippen LogP contribution is 2.13. The van der Waals surface area contributed by atoms with Crippen LogP contribution in [0.25, 0.3) is 11.4 Å². The Morgan fingerprint density at radius 1 is 1.21 bits per heavy atom. The molecule has 0 bridgehead atoms. The van der Waals surface area contributed by atoms with Crippen LogP contribution in [0.4, 0.5) is 0 Å². The van der Waals surface area contributed by atoms with Gasteiger partial charge in [0.1, 0.15) is 11.4 Å². The third-order valence-corrected chi connectivity index (χ3v) is 3.51. The van der Waals surface area contributed by atoms with Crippen LogP contribution in [-0.2, 0) is 4.79 Å². The first-order valence-electron chi connectivity index (χ1n) is 7.66. The predicted molar refractivity (Wildman–Crippen MR) is 90.7 cm³/mol. The maximum absolute atomic E-state index is 12.1. The smallest absolute Gasteiger partial charge is 0.264 e. The SMILES string of the molecule is CNC(=O)CCCNC(=O)c1cnc(-c2ccc(C)cc2)[nH]c1=O. The molecule has 7 nitrogen and oxygen atoms in total. The van der Waals surface area contributed by atoms with Crippen LogP contribution in [0.1, 0.15) is 28.8 Å². The van der Waals surface area contributed by atoms with Crippen LogP contribution in [0, 0.1) is 6.92 Å². The minimum Gasteiger partial charge on any atom is -0.359 e. The van der Waals surface area contributed by atoms with Crippen molar-refractivity contribution in [3.8, 4) is 11.4 Å². The van der Waals surface area contributed by atoms with Crippen LogP contribution in [-0.4, -0.2) is 35.4 Å². The molecule has 0 aliphatic heterocycles. The Morgan fingerprint density at radius 2 is 1.92 bits per heavy atom. The van der Waals surface area contributed by atoms with E-state index in [1.54, 1.807) is 7.05 Å². The van der Waals surface area contributed by atoms with Crippen LogP contribution in [0.5, 0.6) is 0 Å². The number of nitrogens with zero attached hydrogens (tertiary/aromatic N) is 1. The van der Waals surface area contributed by atoms with Gasteiger partial charge in [0.05, 0.1) is 0 Å². The Balaban J connectivity index is 2.01. The zero-order valence-corrected chi connectivity index (χ0v) is 13.7. The number of carbonyl (C=O) groups is 2. The molecule has 0 atom stereocenters. The number of carbonyl (C=O) groups excluding carboxylic acids is 2. The summed E-state index contributed by atoms with van der Waals surface area (Å²) in [5.74, 6) is -0.182. The molecule has 1 aromatic heterocycles. The van der Waals surface area contributed by atoms with E-state index < -0.39 is 11.5 Å². The molecule has 24 heavy (non-hydrogen) atoms. The van der Waals surface area contributed by atoms with Crippen molar-refractivity contribution >= 4 is 11.8 Å². The summed E-state index contributed by atoms with van der Waals surface area (Å²) in [6, 6.07) is 7.54. The Bertz CT molecular complexity index is 781. The third-order valence-electron chi connectivity index (χ3n) is 3.51. The topological polar surface area (TPSA) is 104 Å². The van der Waals surface area contributed by atoms with Gasteiger partial charge in [0.2, 0.25) is 5.91 Å². The van der Waals surface area contributed by atoms with Crippen molar-refractivity contribution in [2.75, 3.05) is 13.6 Å². The zero-order valence-electron chi connectivity index (χ0n) is 13.7. The highest BCUT2D eigenvalue weighted by Gasteiger charge is 2.12. The summed E-state index contributed by atoms with van der Waals surface area (Å²) in [6.45, 7) is 2.28. The maximum atomic E-state index is 12.1. The van der Waals surface area contributed by atoms with E-state index in [1.807, 2.05) is 31.2 Å². The molecule has 3 N–H and O–H groups in total. The molecule has 1 heterocycles. The van der Waals surface area contributed by atoms with Gasteiger partial charge in [-0.1, -0.05) is 29.8 Å². The zero-order chi connectivity index (χ0) is 17.5. The Hall–Kier alpha value is -2.96. The number of aromatic nitrogens is 2. The molecule has 0 aliphatic carbocycles. The van der Waals surface area contributed by atoms with E-state index in [0.717, 1.165) is 11.1 Å². The molecule has 0 aliphatic rings. The van der Waals surface area contributed by atoms with Gasteiger partial charge in [-0.05, 0) is 13.3 Å². The highest BCUT2D eigenvalue weighted by molar-refractivity contribution is 5.93. The number of H-pyrrole nitrogens is 1. The summed E-state index contributed by atoms with van der Waals surface area (Å²) in [5.41, 5.74) is 1.33. The normalized spacial score (nSPS) is 10.2. The summed E-state index contributed by atoms with van der Waals surface area (Å²) >= 11 is 0. The lowest BCUT2D eigenvalue weighted by Gasteiger charge is -2.06. The average Bonchev–Trinajstić information content (AvgIpc) is 2.58. The molecule has 0 radical (unpaired) electrons. The minimum atomic E-state index is -0.504. The van der Waals surface area contributed by atoms with Gasteiger partial charge in [-0.2, -0.15) is 0 Å². The van der Waals surface area contributed by atoms with Crippen molar-refractivity contribution in [3.05, 3.63) is 51.9 Å². The second-order valence-corrected chi connectivity index (χ2v) is 5.37. The quantitative estimate of drug-likeness (QED) is 0.688. The number of aryl methyl sites for hydroxylation is 1. The lowest BCUT2D eigenvalue weighted by Crippen LogP contribution is -2.31. The van der Waals surface area contributed by atoms with Crippen molar-refractivity contribution in [1.82, 2.24) is 20.6 Å². The Kier molecular flexibility index (Phi) is 5.83. The first-order valence-corrected chi connectivity index (χ1v) is 7.66. The first kappa shape index (κ1) is 17.4. The van der Waals surface area contributed by atoms with E-state index in [2.05, 4.69) is 20.6 Å². The molecular weight excluding hydrogens is 308 g/mol. The third kappa shape index (κ3) is 4.52. The predicted octanol–water partition coefficient (Wildman–Crippen LogP) is 1.00. The Labute approximate surface area is 139 Å². The fourth-order valence-corrected chi connectivity index (χ4v) is 2.09. The van der Waals surface area contributed by atoms with Gasteiger partial charge in [-0.15, -0.1) is 0 Å². The molecule has 0 unspecified atom stereocenters. The van der Waals surface area contributed by atoms with Gasteiger partial charge < -0.3 is 15.6 Å². The molecule has 1 aromatic carbocycles. The maximum Gasteiger partial charge on any atom is 0.264 e. The van der Waals surface area contributed by atoms with Crippen LogP contribution >= 0.6 is 0 Å². The fourth-order valence-electron chi connectivity index (χ4n) is 2.09. The van der Waals surface area contributed by atoms with Gasteiger partial charge in [-0.3, -0.25) is 14.4 Å². The molecule has 2 rings (SSSR count). The largest absolute Gasteiger partial charge is 0.359 e. The Morgan fingerprint density at radius 3 is 2.54 bits per heavy atom. The molecule has 2 amide bonds. The summed E-state index contributed by atoms with van der Waals surface area (Å²) in [6.07, 6.45) is 2.08. The standard InChI is InChI=1S/C17H20N4O3/c1-11-5-7-12(8-6-11)15-20-10-13(17(24)21-15)16(23)19-9-3-4-14(22)18-2/h5-8,10H,3-4,9H2,1-2H3,(H,18,22)(H,19,23)(H,20,21,24). The summed E-state index contributed by atoms with van der Waals surface area (Å²) < 4.78 is 0. The van der Waals surface area contributed by atoms with E-state index in [9.17, 15) is 14.4 Å². The number of benzene rings is 1. The highest BCUT2D eigenvalue weighted by atomic mass is 16.2. The number of amides is 2. The lowest BCUT2D eigenvalue weighted by molar-refractivity contribution is -0.120. The van der Waals surface area contributed by atoms with Gasteiger partial charge in [0.25, 0.3) is 11.5 Å². The monoisotopic (exact) mass is 328 g/mol. The van der Waals surface area contributed by atoms with E-state index in [0.29, 0.717) is 25.2 Å². The molecule has 0 saturated carbocycles. The van der Waals surface area contributed by atoms with Gasteiger partial charge in [0.15, 0.2) is 0 Å². The molecule has 7 heteroatoms. The van der Waals surface area contributed by atoms with Gasteiger partial charge in [-0.25, -0.2) is 4.98 Å². The van der Waals surface area contributed by atoms with Crippen LogP contribution < -0.4 is 16.2 Å². The van der Waals surface area contributed by atoms with Crippen molar-refractivity contribution < 1.29 is 9.59 Å². The summed E-state index contributed by atoms with van der Waals surface area (Å²) in [5, 5.41) is 5.11. The number of hydrogen-bond donors (Lipinski definition) is 3. The summed E-state index contributed by atoms with van der Waals surface area (Å²) in [7, 11) is 1.56. The second kappa shape index (κ2) is 8.05. The van der Waals surface area contributed by atoms with E-state index in [1.165, 1.54) is 6.20 Å². The molecule has 0 saturated heterocycles. The molecular formula is C17H20N4O3. The summed E-state index contributed by atoms with van der Waals surface area (Å²) in [4.78, 5) is 41.9. The average molecular weight is 328 g/mol. The van der Waals surface area contributed by atoms with E-state index >= 15 is 0 Å². The number of hydrogen-bond acceptors (Lipinski definition) is 4. The van der Waals surface area contributed by atoms with Crippen molar-refractivity contribution in [2.45, 2.75) is 19.8 Å². The molecule has 126 valence electrons. The number of aromatic amines is 1.